The summed E-state index contributed by atoms with van der Waals surface area (Å²) in [5, 5.41) is 13.3. The molecule has 0 N–H and O–H groups in total. The molecule has 1 aliphatic carbocycles. The topological polar surface area (TPSA) is 26.3 Å². The van der Waals surface area contributed by atoms with Gasteiger partial charge in [0.2, 0.25) is 0 Å². The predicted octanol–water partition coefficient (Wildman–Crippen LogP) is 15.0. The van der Waals surface area contributed by atoms with Crippen LogP contribution in [0.4, 0.5) is 0 Å². The molecule has 0 radical (unpaired) electrons. The van der Waals surface area contributed by atoms with Gasteiger partial charge in [-0.15, -0.1) is 11.3 Å². The fourth-order valence-corrected chi connectivity index (χ4v) is 11.2. The van der Waals surface area contributed by atoms with Gasteiger partial charge in [0, 0.05) is 42.1 Å². The van der Waals surface area contributed by atoms with Crippen LogP contribution >= 0.6 is 11.3 Å². The highest BCUT2D eigenvalue weighted by atomic mass is 32.1. The summed E-state index contributed by atoms with van der Waals surface area (Å²) in [5.41, 5.74) is 12.3. The number of hydrogen-bond donors (Lipinski definition) is 0. The first kappa shape index (κ1) is 32.8. The fraction of sp³-hybridized carbons (Fsp3) is 0.0357. The zero-order valence-electron chi connectivity index (χ0n) is 32.0. The Morgan fingerprint density at radius 3 is 1.86 bits per heavy atom. The molecule has 0 aliphatic heterocycles. The molecule has 1 aliphatic rings. The van der Waals surface area contributed by atoms with Crippen LogP contribution in [-0.4, -0.2) is 0 Å². The van der Waals surface area contributed by atoms with Crippen molar-refractivity contribution in [1.29, 1.82) is 0 Å². The van der Waals surface area contributed by atoms with E-state index in [4.69, 9.17) is 8.83 Å². The van der Waals surface area contributed by atoms with Gasteiger partial charge in [0.1, 0.15) is 22.3 Å². The predicted molar refractivity (Wildman–Crippen MR) is 251 cm³/mol. The lowest BCUT2D eigenvalue weighted by molar-refractivity contribution is 0.669. The Balaban J connectivity index is 1.09. The van der Waals surface area contributed by atoms with Crippen molar-refractivity contribution in [3.63, 3.8) is 0 Å². The standard InChI is InChI=1S/C56H34O2S/c1-3-14-33(15-4-1)51-54-49(59-56(51)34-16-5-2-6-17-34)29-27-43-53-42(24-13-25-47(53)58-55(43)54)52-40-22-11-9-20-38(40)50(39-21-10-12-23-41(39)52)37-26-28-46-44(31-37)45-30-35-18-7-8-19-36(35)32-48(45)57-46/h1-9,11,13-32H,10,12H2. The van der Waals surface area contributed by atoms with Gasteiger partial charge in [-0.05, 0) is 121 Å². The molecular weight excluding hydrogens is 737 g/mol. The number of benzene rings is 9. The zero-order valence-corrected chi connectivity index (χ0v) is 32.8. The lowest BCUT2D eigenvalue weighted by Crippen LogP contribution is -2.31. The van der Waals surface area contributed by atoms with Crippen molar-refractivity contribution in [3.05, 3.63) is 180 Å². The van der Waals surface area contributed by atoms with E-state index in [0.717, 1.165) is 56.7 Å². The average Bonchev–Trinajstić information content (AvgIpc) is 3.99. The van der Waals surface area contributed by atoms with Gasteiger partial charge in [-0.1, -0.05) is 140 Å². The summed E-state index contributed by atoms with van der Waals surface area (Å²) in [7, 11) is 0. The average molecular weight is 771 g/mol. The highest BCUT2D eigenvalue weighted by molar-refractivity contribution is 7.23. The van der Waals surface area contributed by atoms with E-state index in [0.29, 0.717) is 0 Å². The quantitative estimate of drug-likeness (QED) is 0.178. The van der Waals surface area contributed by atoms with Gasteiger partial charge in [0.25, 0.3) is 0 Å². The Hall–Kier alpha value is -7.20. The Bertz CT molecular complexity index is 3830. The zero-order chi connectivity index (χ0) is 38.6. The third kappa shape index (κ3) is 4.86. The van der Waals surface area contributed by atoms with E-state index >= 15 is 0 Å². The first-order chi connectivity index (χ1) is 29.3. The lowest BCUT2D eigenvalue weighted by Gasteiger charge is -2.18. The number of rotatable bonds is 4. The highest BCUT2D eigenvalue weighted by Gasteiger charge is 2.24. The van der Waals surface area contributed by atoms with E-state index in [2.05, 4.69) is 182 Å². The summed E-state index contributed by atoms with van der Waals surface area (Å²) in [5.74, 6) is 0. The number of thiophene rings is 1. The van der Waals surface area contributed by atoms with Gasteiger partial charge < -0.3 is 8.83 Å². The van der Waals surface area contributed by atoms with Crippen molar-refractivity contribution < 1.29 is 8.83 Å². The smallest absolute Gasteiger partial charge is 0.144 e. The van der Waals surface area contributed by atoms with Crippen LogP contribution in [0, 0.1) is 0 Å². The maximum Gasteiger partial charge on any atom is 0.144 e. The molecule has 0 fully saturated rings. The first-order valence-corrected chi connectivity index (χ1v) is 21.2. The largest absolute Gasteiger partial charge is 0.456 e. The van der Waals surface area contributed by atoms with E-state index in [9.17, 15) is 0 Å². The van der Waals surface area contributed by atoms with Gasteiger partial charge >= 0.3 is 0 Å². The van der Waals surface area contributed by atoms with Crippen molar-refractivity contribution in [2.24, 2.45) is 0 Å². The molecule has 2 nitrogen and oxygen atoms in total. The maximum atomic E-state index is 7.06. The van der Waals surface area contributed by atoms with Gasteiger partial charge in [-0.3, -0.25) is 0 Å². The molecule has 59 heavy (non-hydrogen) atoms. The molecule has 0 saturated carbocycles. The van der Waals surface area contributed by atoms with Crippen LogP contribution in [0.5, 0.6) is 0 Å². The van der Waals surface area contributed by atoms with Gasteiger partial charge in [-0.25, -0.2) is 0 Å². The second-order valence-electron chi connectivity index (χ2n) is 15.8. The second-order valence-corrected chi connectivity index (χ2v) is 16.8. The molecule has 12 aromatic rings. The van der Waals surface area contributed by atoms with Gasteiger partial charge in [0.05, 0.1) is 0 Å². The molecule has 9 aromatic carbocycles. The summed E-state index contributed by atoms with van der Waals surface area (Å²) >= 11 is 1.84. The molecule has 0 amide bonds. The molecule has 276 valence electrons. The Kier molecular flexibility index (Phi) is 7.04. The Morgan fingerprint density at radius 1 is 0.390 bits per heavy atom. The van der Waals surface area contributed by atoms with Crippen LogP contribution in [0.1, 0.15) is 12.8 Å². The van der Waals surface area contributed by atoms with E-state index < -0.39 is 0 Å². The lowest BCUT2D eigenvalue weighted by atomic mass is 9.85. The van der Waals surface area contributed by atoms with Gasteiger partial charge in [-0.2, -0.15) is 0 Å². The highest BCUT2D eigenvalue weighted by Crippen LogP contribution is 2.50. The summed E-state index contributed by atoms with van der Waals surface area (Å²) in [6.45, 7) is 0. The second kappa shape index (κ2) is 12.6. The minimum Gasteiger partial charge on any atom is -0.456 e. The maximum absolute atomic E-state index is 7.06. The molecule has 3 aromatic heterocycles. The van der Waals surface area contributed by atoms with E-state index in [1.807, 2.05) is 11.3 Å². The number of fused-ring (bicyclic) bond motifs is 11. The van der Waals surface area contributed by atoms with Gasteiger partial charge in [0.15, 0.2) is 0 Å². The molecule has 13 rings (SSSR count). The third-order valence-corrected chi connectivity index (χ3v) is 13.7. The van der Waals surface area contributed by atoms with Crippen LogP contribution in [-0.2, 0) is 0 Å². The van der Waals surface area contributed by atoms with Crippen LogP contribution in [0.25, 0.3) is 131 Å². The molecule has 0 atom stereocenters. The summed E-state index contributed by atoms with van der Waals surface area (Å²) in [6, 6.07) is 61.5. The van der Waals surface area contributed by atoms with E-state index in [1.165, 1.54) is 85.9 Å². The Labute approximate surface area is 343 Å². The van der Waals surface area contributed by atoms with Crippen LogP contribution < -0.4 is 10.4 Å². The monoisotopic (exact) mass is 770 g/mol. The van der Waals surface area contributed by atoms with Crippen LogP contribution in [0.2, 0.25) is 0 Å². The fourth-order valence-electron chi connectivity index (χ4n) is 9.93. The first-order valence-electron chi connectivity index (χ1n) is 20.4. The summed E-state index contributed by atoms with van der Waals surface area (Å²) in [4.78, 5) is 1.26. The molecule has 3 heterocycles. The minimum absolute atomic E-state index is 0.906. The summed E-state index contributed by atoms with van der Waals surface area (Å²) in [6.07, 6.45) is 6.93. The molecule has 0 unspecified atom stereocenters. The minimum atomic E-state index is 0.906. The molecule has 0 saturated heterocycles. The number of furan rings is 2. The number of hydrogen-bond acceptors (Lipinski definition) is 3. The normalized spacial score (nSPS) is 12.9. The van der Waals surface area contributed by atoms with Crippen LogP contribution in [0.3, 0.4) is 0 Å². The van der Waals surface area contributed by atoms with E-state index in [1.54, 1.807) is 0 Å². The summed E-state index contributed by atoms with van der Waals surface area (Å²) < 4.78 is 14.7. The van der Waals surface area contributed by atoms with Crippen LogP contribution in [0.15, 0.2) is 179 Å². The molecule has 0 bridgehead atoms. The molecule has 0 spiro atoms. The van der Waals surface area contributed by atoms with Crippen molar-refractivity contribution in [1.82, 2.24) is 0 Å². The van der Waals surface area contributed by atoms with E-state index in [-0.39, 0.29) is 0 Å². The molecular formula is C56H34O2S. The Morgan fingerprint density at radius 2 is 1.07 bits per heavy atom. The van der Waals surface area contributed by atoms with Crippen molar-refractivity contribution >= 4 is 99.0 Å². The third-order valence-electron chi connectivity index (χ3n) is 12.5. The van der Waals surface area contributed by atoms with Crippen molar-refractivity contribution in [3.8, 4) is 43.8 Å². The van der Waals surface area contributed by atoms with Crippen molar-refractivity contribution in [2.45, 2.75) is 12.8 Å². The SMILES string of the molecule is C1=c2c(-c3ccc4oc5cc6ccccc6cc5c4c3)c3ccccc3c(-c3cccc4oc5c(ccc6sc(-c7ccccc7)c(-c7ccccc7)c65)c34)c2=CCC1. The van der Waals surface area contributed by atoms with Crippen molar-refractivity contribution in [2.75, 3.05) is 0 Å². The molecule has 3 heteroatoms.